The summed E-state index contributed by atoms with van der Waals surface area (Å²) in [7, 11) is -0.634. The number of piperidine rings is 1. The molecule has 1 heterocycles. The molecule has 0 aromatic heterocycles. The second-order valence-electron chi connectivity index (χ2n) is 6.32. The SMILES string of the molecule is CN(C)S(=O)(=O)N[C@@H]1CCN(Cc2ccc(OCCO)cc2)C[C@H]1O. The lowest BCUT2D eigenvalue weighted by Gasteiger charge is -2.36. The molecule has 1 aliphatic heterocycles. The van der Waals surface area contributed by atoms with Gasteiger partial charge in [-0.25, -0.2) is 0 Å². The number of likely N-dealkylation sites (tertiary alicyclic amines) is 1. The Morgan fingerprint density at radius 2 is 2.00 bits per heavy atom. The van der Waals surface area contributed by atoms with Gasteiger partial charge in [0.05, 0.1) is 18.8 Å². The van der Waals surface area contributed by atoms with Gasteiger partial charge in [0, 0.05) is 33.7 Å². The predicted molar refractivity (Wildman–Crippen MR) is 94.5 cm³/mol. The van der Waals surface area contributed by atoms with Gasteiger partial charge in [-0.3, -0.25) is 4.90 Å². The van der Waals surface area contributed by atoms with Crippen molar-refractivity contribution >= 4 is 10.2 Å². The van der Waals surface area contributed by atoms with Gasteiger partial charge in [0.1, 0.15) is 12.4 Å². The van der Waals surface area contributed by atoms with E-state index in [1.807, 2.05) is 24.3 Å². The fourth-order valence-electron chi connectivity index (χ4n) is 2.69. The first-order chi connectivity index (χ1) is 11.8. The van der Waals surface area contributed by atoms with Crippen LogP contribution in [0.5, 0.6) is 5.75 Å². The van der Waals surface area contributed by atoms with Crippen LogP contribution in [0.2, 0.25) is 0 Å². The van der Waals surface area contributed by atoms with Crippen molar-refractivity contribution in [1.82, 2.24) is 13.9 Å². The molecule has 3 N–H and O–H groups in total. The van der Waals surface area contributed by atoms with Crippen molar-refractivity contribution in [3.63, 3.8) is 0 Å². The zero-order valence-electron chi connectivity index (χ0n) is 14.6. The Bertz CT molecular complexity index is 636. The van der Waals surface area contributed by atoms with Crippen molar-refractivity contribution in [3.8, 4) is 5.75 Å². The molecule has 0 spiro atoms. The third-order valence-corrected chi connectivity index (χ3v) is 5.70. The maximum absolute atomic E-state index is 11.9. The number of hydrogen-bond acceptors (Lipinski definition) is 6. The van der Waals surface area contributed by atoms with Gasteiger partial charge in [0.25, 0.3) is 10.2 Å². The van der Waals surface area contributed by atoms with Crippen molar-refractivity contribution in [2.45, 2.75) is 25.1 Å². The molecule has 0 saturated carbocycles. The van der Waals surface area contributed by atoms with E-state index in [-0.39, 0.29) is 13.2 Å². The van der Waals surface area contributed by atoms with E-state index in [9.17, 15) is 13.5 Å². The Labute approximate surface area is 149 Å². The maximum atomic E-state index is 11.9. The molecule has 0 unspecified atom stereocenters. The molecule has 9 heteroatoms. The molecule has 0 amide bonds. The number of hydrogen-bond donors (Lipinski definition) is 3. The summed E-state index contributed by atoms with van der Waals surface area (Å²) in [6.07, 6.45) is -0.206. The number of aliphatic hydroxyl groups excluding tert-OH is 2. The predicted octanol–water partition coefficient (Wildman–Crippen LogP) is -0.611. The topological polar surface area (TPSA) is 102 Å². The highest BCUT2D eigenvalue weighted by Gasteiger charge is 2.31. The Hall–Kier alpha value is -1.23. The van der Waals surface area contributed by atoms with Crippen LogP contribution in [0.4, 0.5) is 0 Å². The standard InChI is InChI=1S/C16H27N3O5S/c1-18(2)25(22,23)17-15-7-8-19(12-16(15)21)11-13-3-5-14(6-4-13)24-10-9-20/h3-6,15-17,20-21H,7-12H2,1-2H3/t15-,16-/m1/s1. The Kier molecular flexibility index (Phi) is 7.17. The monoisotopic (exact) mass is 373 g/mol. The van der Waals surface area contributed by atoms with Crippen LogP contribution in [0.3, 0.4) is 0 Å². The summed E-state index contributed by atoms with van der Waals surface area (Å²) in [5, 5.41) is 19.0. The van der Waals surface area contributed by atoms with Crippen molar-refractivity contribution < 1.29 is 23.4 Å². The molecule has 0 aliphatic carbocycles. The highest BCUT2D eigenvalue weighted by molar-refractivity contribution is 7.87. The minimum absolute atomic E-state index is 0.0217. The number of β-amino-alcohol motifs (C(OH)–C–C–N with tert-alkyl or cyclic N) is 1. The molecule has 2 rings (SSSR count). The summed E-state index contributed by atoms with van der Waals surface area (Å²) in [5.41, 5.74) is 1.08. The quantitative estimate of drug-likeness (QED) is 0.562. The summed E-state index contributed by atoms with van der Waals surface area (Å²) in [6, 6.07) is 7.11. The number of ether oxygens (including phenoxy) is 1. The fraction of sp³-hybridized carbons (Fsp3) is 0.625. The second kappa shape index (κ2) is 8.93. The van der Waals surface area contributed by atoms with Crippen LogP contribution < -0.4 is 9.46 Å². The minimum atomic E-state index is -3.55. The van der Waals surface area contributed by atoms with Crippen LogP contribution in [0.25, 0.3) is 0 Å². The van der Waals surface area contributed by atoms with E-state index in [0.29, 0.717) is 31.8 Å². The summed E-state index contributed by atoms with van der Waals surface area (Å²) >= 11 is 0. The lowest BCUT2D eigenvalue weighted by atomic mass is 10.0. The highest BCUT2D eigenvalue weighted by atomic mass is 32.2. The molecular weight excluding hydrogens is 346 g/mol. The van der Waals surface area contributed by atoms with Gasteiger partial charge in [0.15, 0.2) is 0 Å². The van der Waals surface area contributed by atoms with E-state index < -0.39 is 22.4 Å². The van der Waals surface area contributed by atoms with Gasteiger partial charge in [-0.05, 0) is 24.1 Å². The molecule has 25 heavy (non-hydrogen) atoms. The van der Waals surface area contributed by atoms with Gasteiger partial charge in [0.2, 0.25) is 0 Å². The number of aliphatic hydroxyl groups is 2. The average Bonchev–Trinajstić information content (AvgIpc) is 2.56. The van der Waals surface area contributed by atoms with Gasteiger partial charge in [-0.2, -0.15) is 17.4 Å². The third kappa shape index (κ3) is 5.91. The second-order valence-corrected chi connectivity index (χ2v) is 8.24. The zero-order valence-corrected chi connectivity index (χ0v) is 15.4. The molecule has 0 bridgehead atoms. The van der Waals surface area contributed by atoms with Crippen molar-refractivity contribution in [1.29, 1.82) is 0 Å². The first kappa shape index (κ1) is 20.1. The lowest BCUT2D eigenvalue weighted by molar-refractivity contribution is 0.0441. The van der Waals surface area contributed by atoms with Gasteiger partial charge < -0.3 is 14.9 Å². The zero-order chi connectivity index (χ0) is 18.4. The highest BCUT2D eigenvalue weighted by Crippen LogP contribution is 2.18. The number of nitrogens with zero attached hydrogens (tertiary/aromatic N) is 2. The molecule has 1 aromatic rings. The molecule has 0 radical (unpaired) electrons. The Balaban J connectivity index is 1.86. The van der Waals surface area contributed by atoms with Crippen LogP contribution >= 0.6 is 0 Å². The largest absolute Gasteiger partial charge is 0.491 e. The van der Waals surface area contributed by atoms with Crippen molar-refractivity contribution in [2.24, 2.45) is 0 Å². The molecule has 2 atom stereocenters. The molecule has 1 saturated heterocycles. The molecule has 8 nitrogen and oxygen atoms in total. The summed E-state index contributed by atoms with van der Waals surface area (Å²) in [5.74, 6) is 0.703. The van der Waals surface area contributed by atoms with E-state index in [2.05, 4.69) is 9.62 Å². The molecule has 1 aliphatic rings. The third-order valence-electron chi connectivity index (χ3n) is 4.14. The molecule has 1 aromatic carbocycles. The van der Waals surface area contributed by atoms with Gasteiger partial charge in [-0.1, -0.05) is 12.1 Å². The lowest BCUT2D eigenvalue weighted by Crippen LogP contribution is -2.55. The normalized spacial score (nSPS) is 22.3. The molecular formula is C16H27N3O5S. The molecule has 1 fully saturated rings. The van der Waals surface area contributed by atoms with E-state index >= 15 is 0 Å². The fourth-order valence-corrected chi connectivity index (χ4v) is 3.56. The smallest absolute Gasteiger partial charge is 0.279 e. The van der Waals surface area contributed by atoms with Crippen molar-refractivity contribution in [3.05, 3.63) is 29.8 Å². The Morgan fingerprint density at radius 3 is 2.56 bits per heavy atom. The number of rotatable bonds is 8. The first-order valence-electron chi connectivity index (χ1n) is 8.24. The van der Waals surface area contributed by atoms with Gasteiger partial charge >= 0.3 is 0 Å². The minimum Gasteiger partial charge on any atom is -0.491 e. The summed E-state index contributed by atoms with van der Waals surface area (Å²) < 4.78 is 32.7. The first-order valence-corrected chi connectivity index (χ1v) is 9.68. The average molecular weight is 373 g/mol. The van der Waals surface area contributed by atoms with E-state index in [1.54, 1.807) is 0 Å². The van der Waals surface area contributed by atoms with E-state index in [0.717, 1.165) is 9.87 Å². The van der Waals surface area contributed by atoms with Crippen LogP contribution in [-0.2, 0) is 16.8 Å². The van der Waals surface area contributed by atoms with E-state index in [1.165, 1.54) is 14.1 Å². The number of nitrogens with one attached hydrogen (secondary N) is 1. The Morgan fingerprint density at radius 1 is 1.32 bits per heavy atom. The van der Waals surface area contributed by atoms with Gasteiger partial charge in [-0.15, -0.1) is 0 Å². The summed E-state index contributed by atoms with van der Waals surface area (Å²) in [6.45, 7) is 2.02. The van der Waals surface area contributed by atoms with E-state index in [4.69, 9.17) is 9.84 Å². The van der Waals surface area contributed by atoms with Crippen molar-refractivity contribution in [2.75, 3.05) is 40.4 Å². The molecule has 142 valence electrons. The van der Waals surface area contributed by atoms with Crippen LogP contribution in [0.1, 0.15) is 12.0 Å². The van der Waals surface area contributed by atoms with Crippen LogP contribution in [-0.4, -0.2) is 80.4 Å². The number of benzene rings is 1. The van der Waals surface area contributed by atoms with Crippen LogP contribution in [0, 0.1) is 0 Å². The maximum Gasteiger partial charge on any atom is 0.279 e. The summed E-state index contributed by atoms with van der Waals surface area (Å²) in [4.78, 5) is 2.09. The van der Waals surface area contributed by atoms with Crippen LogP contribution in [0.15, 0.2) is 24.3 Å².